The Labute approximate surface area is 126 Å². The molecule has 20 heavy (non-hydrogen) atoms. The fraction of sp³-hybridized carbons (Fsp3) is 0.143. The lowest BCUT2D eigenvalue weighted by Crippen LogP contribution is -2.23. The van der Waals surface area contributed by atoms with Crippen LogP contribution >= 0.6 is 23.2 Å². The Morgan fingerprint density at radius 2 is 2.20 bits per heavy atom. The Hall–Kier alpha value is -1.78. The monoisotopic (exact) mass is 310 g/mol. The number of benzene rings is 1. The topological polar surface area (TPSA) is 51.2 Å². The van der Waals surface area contributed by atoms with Gasteiger partial charge in [-0.25, -0.2) is 0 Å². The van der Waals surface area contributed by atoms with Gasteiger partial charge in [0.15, 0.2) is 0 Å². The molecule has 0 radical (unpaired) electrons. The lowest BCUT2D eigenvalue weighted by atomic mass is 10.2. The number of nitrogens with zero attached hydrogens (tertiary/aromatic N) is 1. The molecule has 0 aliphatic rings. The molecule has 0 spiro atoms. The van der Waals surface area contributed by atoms with Crippen molar-refractivity contribution in [2.24, 2.45) is 0 Å². The zero-order chi connectivity index (χ0) is 14.5. The van der Waals surface area contributed by atoms with Crippen molar-refractivity contribution in [3.63, 3.8) is 0 Å². The molecule has 0 saturated heterocycles. The number of hydrogen-bond acceptors (Lipinski definition) is 3. The van der Waals surface area contributed by atoms with Crippen LogP contribution in [0.25, 0.3) is 0 Å². The number of halogens is 2. The van der Waals surface area contributed by atoms with Crippen LogP contribution < -0.4 is 10.1 Å². The van der Waals surface area contributed by atoms with Gasteiger partial charge >= 0.3 is 0 Å². The van der Waals surface area contributed by atoms with Gasteiger partial charge in [-0.2, -0.15) is 0 Å². The van der Waals surface area contributed by atoms with Crippen LogP contribution in [0.1, 0.15) is 15.9 Å². The van der Waals surface area contributed by atoms with E-state index in [2.05, 4.69) is 10.3 Å². The maximum atomic E-state index is 11.9. The van der Waals surface area contributed by atoms with E-state index in [0.717, 1.165) is 0 Å². The van der Waals surface area contributed by atoms with E-state index in [1.807, 2.05) is 0 Å². The van der Waals surface area contributed by atoms with Gasteiger partial charge in [-0.3, -0.25) is 9.78 Å². The molecule has 0 saturated carbocycles. The second-order valence-corrected chi connectivity index (χ2v) is 4.85. The highest BCUT2D eigenvalue weighted by atomic mass is 35.5. The van der Waals surface area contributed by atoms with E-state index in [-0.39, 0.29) is 12.5 Å². The first-order chi connectivity index (χ1) is 9.61. The summed E-state index contributed by atoms with van der Waals surface area (Å²) in [4.78, 5) is 15.8. The van der Waals surface area contributed by atoms with E-state index in [0.29, 0.717) is 26.9 Å². The van der Waals surface area contributed by atoms with Crippen molar-refractivity contribution in [2.75, 3.05) is 7.11 Å². The summed E-state index contributed by atoms with van der Waals surface area (Å²) in [5.74, 6) is 0.277. The van der Waals surface area contributed by atoms with Crippen LogP contribution in [0.4, 0.5) is 0 Å². The van der Waals surface area contributed by atoms with Crippen LogP contribution in [0.2, 0.25) is 10.0 Å². The second kappa shape index (κ2) is 6.59. The first kappa shape index (κ1) is 14.6. The number of hydrogen-bond donors (Lipinski definition) is 1. The molecule has 0 aliphatic heterocycles. The molecular weight excluding hydrogens is 299 g/mol. The smallest absolute Gasteiger partial charge is 0.253 e. The lowest BCUT2D eigenvalue weighted by Gasteiger charge is -2.12. The van der Waals surface area contributed by atoms with Crippen molar-refractivity contribution in [1.82, 2.24) is 10.3 Å². The minimum Gasteiger partial charge on any atom is -0.495 e. The number of aromatic nitrogens is 1. The molecule has 1 N–H and O–H groups in total. The third-order valence-electron chi connectivity index (χ3n) is 2.65. The molecule has 6 heteroatoms. The normalized spacial score (nSPS) is 10.2. The summed E-state index contributed by atoms with van der Waals surface area (Å²) < 4.78 is 5.21. The quantitative estimate of drug-likeness (QED) is 0.942. The van der Waals surface area contributed by atoms with Crippen molar-refractivity contribution in [3.05, 3.63) is 57.8 Å². The molecule has 1 aromatic heterocycles. The lowest BCUT2D eigenvalue weighted by molar-refractivity contribution is 0.0950. The van der Waals surface area contributed by atoms with Gasteiger partial charge in [0.25, 0.3) is 5.91 Å². The summed E-state index contributed by atoms with van der Waals surface area (Å²) in [6.07, 6.45) is 3.11. The Kier molecular flexibility index (Phi) is 4.82. The van der Waals surface area contributed by atoms with E-state index in [4.69, 9.17) is 27.9 Å². The van der Waals surface area contributed by atoms with E-state index >= 15 is 0 Å². The number of pyridine rings is 1. The van der Waals surface area contributed by atoms with Crippen LogP contribution in [-0.2, 0) is 6.54 Å². The number of nitrogens with one attached hydrogen (secondary N) is 1. The van der Waals surface area contributed by atoms with Crippen LogP contribution in [0.3, 0.4) is 0 Å². The summed E-state index contributed by atoms with van der Waals surface area (Å²) in [7, 11) is 1.52. The van der Waals surface area contributed by atoms with E-state index in [9.17, 15) is 4.79 Å². The molecule has 0 atom stereocenters. The van der Waals surface area contributed by atoms with Crippen LogP contribution in [-0.4, -0.2) is 18.0 Å². The van der Waals surface area contributed by atoms with Crippen molar-refractivity contribution < 1.29 is 9.53 Å². The van der Waals surface area contributed by atoms with E-state index in [1.54, 1.807) is 30.5 Å². The maximum Gasteiger partial charge on any atom is 0.253 e. The molecule has 4 nitrogen and oxygen atoms in total. The average molecular weight is 311 g/mol. The number of carbonyl (C=O) groups excluding carboxylic acids is 1. The predicted octanol–water partition coefficient (Wildman–Crippen LogP) is 3.33. The Bertz CT molecular complexity index is 618. The fourth-order valence-corrected chi connectivity index (χ4v) is 2.36. The van der Waals surface area contributed by atoms with Crippen LogP contribution in [0.15, 0.2) is 36.7 Å². The largest absolute Gasteiger partial charge is 0.495 e. The Morgan fingerprint density at radius 1 is 1.40 bits per heavy atom. The minimum atomic E-state index is -0.226. The summed E-state index contributed by atoms with van der Waals surface area (Å²) in [5.41, 5.74) is 1.20. The first-order valence-electron chi connectivity index (χ1n) is 5.82. The van der Waals surface area contributed by atoms with Crippen molar-refractivity contribution in [1.29, 1.82) is 0 Å². The van der Waals surface area contributed by atoms with Crippen LogP contribution in [0, 0.1) is 0 Å². The minimum absolute atomic E-state index is 0.226. The van der Waals surface area contributed by atoms with Gasteiger partial charge in [0, 0.05) is 29.5 Å². The first-order valence-corrected chi connectivity index (χ1v) is 6.57. The zero-order valence-corrected chi connectivity index (χ0v) is 12.2. The van der Waals surface area contributed by atoms with Gasteiger partial charge in [0.2, 0.25) is 0 Å². The van der Waals surface area contributed by atoms with Gasteiger partial charge in [0.05, 0.1) is 17.7 Å². The number of carbonyl (C=O) groups is 1. The van der Waals surface area contributed by atoms with Crippen molar-refractivity contribution in [3.8, 4) is 5.75 Å². The average Bonchev–Trinajstić information content (AvgIpc) is 2.45. The highest BCUT2D eigenvalue weighted by Gasteiger charge is 2.11. The number of methoxy groups -OCH3 is 1. The maximum absolute atomic E-state index is 11.9. The van der Waals surface area contributed by atoms with Gasteiger partial charge in [-0.15, -0.1) is 0 Å². The summed E-state index contributed by atoms with van der Waals surface area (Å²) in [5, 5.41) is 3.66. The highest BCUT2D eigenvalue weighted by molar-refractivity contribution is 6.35. The molecule has 1 amide bonds. The molecule has 1 heterocycles. The number of rotatable bonds is 4. The van der Waals surface area contributed by atoms with Crippen molar-refractivity contribution >= 4 is 29.1 Å². The molecular formula is C14H12Cl2N2O2. The molecule has 0 unspecified atom stereocenters. The zero-order valence-electron chi connectivity index (χ0n) is 10.7. The van der Waals surface area contributed by atoms with E-state index in [1.165, 1.54) is 13.3 Å². The van der Waals surface area contributed by atoms with Crippen LogP contribution in [0.5, 0.6) is 5.75 Å². The molecule has 2 rings (SSSR count). The Balaban J connectivity index is 2.13. The number of amides is 1. The molecule has 1 aromatic carbocycles. The third kappa shape index (κ3) is 3.40. The predicted molar refractivity (Wildman–Crippen MR) is 78.4 cm³/mol. The molecule has 104 valence electrons. The van der Waals surface area contributed by atoms with Gasteiger partial charge in [0.1, 0.15) is 5.75 Å². The fourth-order valence-electron chi connectivity index (χ4n) is 1.75. The summed E-state index contributed by atoms with van der Waals surface area (Å²) >= 11 is 12.0. The SMILES string of the molecule is COc1c(Cl)cc(Cl)cc1CNC(=O)c1cccnc1. The molecule has 0 fully saturated rings. The van der Waals surface area contributed by atoms with E-state index < -0.39 is 0 Å². The second-order valence-electron chi connectivity index (χ2n) is 4.00. The Morgan fingerprint density at radius 3 is 2.85 bits per heavy atom. The number of ether oxygens (including phenoxy) is 1. The van der Waals surface area contributed by atoms with Gasteiger partial charge in [-0.05, 0) is 24.3 Å². The standard InChI is InChI=1S/C14H12Cl2N2O2/c1-20-13-10(5-11(15)6-12(13)16)8-18-14(19)9-3-2-4-17-7-9/h2-7H,8H2,1H3,(H,18,19). The molecule has 0 aliphatic carbocycles. The van der Waals surface area contributed by atoms with Gasteiger partial charge in [-0.1, -0.05) is 23.2 Å². The highest BCUT2D eigenvalue weighted by Crippen LogP contribution is 2.32. The summed E-state index contributed by atoms with van der Waals surface area (Å²) in [6.45, 7) is 0.261. The van der Waals surface area contributed by atoms with Crippen molar-refractivity contribution in [2.45, 2.75) is 6.54 Å². The van der Waals surface area contributed by atoms with Gasteiger partial charge < -0.3 is 10.1 Å². The summed E-state index contributed by atoms with van der Waals surface area (Å²) in [6, 6.07) is 6.68. The molecule has 2 aromatic rings. The molecule has 0 bridgehead atoms. The third-order valence-corrected chi connectivity index (χ3v) is 3.15.